The minimum Gasteiger partial charge on any atom is -0.504 e. The van der Waals surface area contributed by atoms with Gasteiger partial charge in [-0.2, -0.15) is 0 Å². The Kier molecular flexibility index (Phi) is 6.28. The summed E-state index contributed by atoms with van der Waals surface area (Å²) in [5.74, 6) is 1.35. The van der Waals surface area contributed by atoms with Crippen molar-refractivity contribution in [3.05, 3.63) is 48.0 Å². The van der Waals surface area contributed by atoms with Crippen LogP contribution in [-0.2, 0) is 4.74 Å². The van der Waals surface area contributed by atoms with Crippen molar-refractivity contribution in [2.75, 3.05) is 27.9 Å². The first kappa shape index (κ1) is 17.9. The molecule has 2 aromatic rings. The van der Waals surface area contributed by atoms with E-state index in [-0.39, 0.29) is 18.1 Å². The molecule has 2 N–H and O–H groups in total. The van der Waals surface area contributed by atoms with Crippen molar-refractivity contribution in [1.82, 2.24) is 0 Å². The molecular weight excluding hydrogens is 312 g/mol. The number of aliphatic hydroxyl groups is 1. The van der Waals surface area contributed by atoms with Crippen LogP contribution in [0.5, 0.6) is 23.0 Å². The molecular formula is C18H22O6. The zero-order valence-electron chi connectivity index (χ0n) is 13.9. The summed E-state index contributed by atoms with van der Waals surface area (Å²) in [7, 11) is 4.53. The molecule has 0 bridgehead atoms. The molecule has 0 saturated carbocycles. The summed E-state index contributed by atoms with van der Waals surface area (Å²) in [6, 6.07) is 11.8. The second-order valence-electron chi connectivity index (χ2n) is 5.14. The number of rotatable bonds is 8. The molecule has 130 valence electrons. The first-order valence-corrected chi connectivity index (χ1v) is 7.44. The quantitative estimate of drug-likeness (QED) is 0.772. The SMILES string of the molecule is COCC(Oc1ccccc1OC)C(O)c1ccc(O)c(OC)c1. The molecule has 0 amide bonds. The number of aromatic hydroxyl groups is 1. The van der Waals surface area contributed by atoms with E-state index in [9.17, 15) is 10.2 Å². The maximum atomic E-state index is 10.7. The number of para-hydroxylation sites is 2. The van der Waals surface area contributed by atoms with Crippen LogP contribution in [0, 0.1) is 0 Å². The molecule has 0 fully saturated rings. The Bertz CT molecular complexity index is 658. The van der Waals surface area contributed by atoms with Crippen molar-refractivity contribution in [2.45, 2.75) is 12.2 Å². The zero-order valence-corrected chi connectivity index (χ0v) is 13.9. The second kappa shape index (κ2) is 8.42. The van der Waals surface area contributed by atoms with Gasteiger partial charge < -0.3 is 29.2 Å². The summed E-state index contributed by atoms with van der Waals surface area (Å²) in [6.45, 7) is 0.169. The fourth-order valence-corrected chi connectivity index (χ4v) is 2.33. The first-order chi connectivity index (χ1) is 11.6. The minimum atomic E-state index is -0.982. The molecule has 2 aromatic carbocycles. The van der Waals surface area contributed by atoms with E-state index in [1.807, 2.05) is 12.1 Å². The predicted molar refractivity (Wildman–Crippen MR) is 88.9 cm³/mol. The van der Waals surface area contributed by atoms with E-state index in [2.05, 4.69) is 0 Å². The van der Waals surface area contributed by atoms with Crippen molar-refractivity contribution >= 4 is 0 Å². The highest BCUT2D eigenvalue weighted by Crippen LogP contribution is 2.33. The lowest BCUT2D eigenvalue weighted by Crippen LogP contribution is -2.30. The van der Waals surface area contributed by atoms with Gasteiger partial charge in [0.15, 0.2) is 29.1 Å². The van der Waals surface area contributed by atoms with Gasteiger partial charge in [0.05, 0.1) is 20.8 Å². The third-order valence-corrected chi connectivity index (χ3v) is 3.58. The lowest BCUT2D eigenvalue weighted by atomic mass is 10.0. The average Bonchev–Trinajstić information content (AvgIpc) is 2.61. The number of aliphatic hydroxyl groups excluding tert-OH is 1. The highest BCUT2D eigenvalue weighted by molar-refractivity contribution is 5.43. The van der Waals surface area contributed by atoms with Gasteiger partial charge in [-0.05, 0) is 29.8 Å². The molecule has 6 nitrogen and oxygen atoms in total. The predicted octanol–water partition coefficient (Wildman–Crippen LogP) is 2.54. The van der Waals surface area contributed by atoms with Crippen LogP contribution in [-0.4, -0.2) is 44.3 Å². The van der Waals surface area contributed by atoms with E-state index in [1.165, 1.54) is 20.3 Å². The topological polar surface area (TPSA) is 77.4 Å². The molecule has 24 heavy (non-hydrogen) atoms. The van der Waals surface area contributed by atoms with Crippen LogP contribution in [0.1, 0.15) is 11.7 Å². The summed E-state index contributed by atoms with van der Waals surface area (Å²) in [5.41, 5.74) is 0.543. The van der Waals surface area contributed by atoms with Crippen LogP contribution in [0.3, 0.4) is 0 Å². The third kappa shape index (κ3) is 4.10. The fourth-order valence-electron chi connectivity index (χ4n) is 2.33. The molecule has 0 heterocycles. The maximum Gasteiger partial charge on any atom is 0.161 e. The van der Waals surface area contributed by atoms with Gasteiger partial charge in [-0.3, -0.25) is 0 Å². The molecule has 0 aliphatic heterocycles. The summed E-state index contributed by atoms with van der Waals surface area (Å²) in [5, 5.41) is 20.3. The average molecular weight is 334 g/mol. The standard InChI is InChI=1S/C18H22O6/c1-21-11-17(24-15-7-5-4-6-14(15)22-2)18(20)12-8-9-13(19)16(10-12)23-3/h4-10,17-20H,11H2,1-3H3. The Labute approximate surface area is 141 Å². The smallest absolute Gasteiger partial charge is 0.161 e. The number of ether oxygens (including phenoxy) is 4. The van der Waals surface area contributed by atoms with Crippen LogP contribution in [0.15, 0.2) is 42.5 Å². The normalized spacial score (nSPS) is 13.2. The lowest BCUT2D eigenvalue weighted by Gasteiger charge is -2.25. The molecule has 0 aromatic heterocycles. The first-order valence-electron chi connectivity index (χ1n) is 7.44. The van der Waals surface area contributed by atoms with Crippen molar-refractivity contribution in [2.24, 2.45) is 0 Å². The van der Waals surface area contributed by atoms with Crippen LogP contribution in [0.2, 0.25) is 0 Å². The molecule has 0 radical (unpaired) electrons. The van der Waals surface area contributed by atoms with Gasteiger partial charge in [0.1, 0.15) is 6.10 Å². The maximum absolute atomic E-state index is 10.7. The Morgan fingerprint density at radius 1 is 0.917 bits per heavy atom. The Morgan fingerprint density at radius 3 is 2.21 bits per heavy atom. The van der Waals surface area contributed by atoms with Crippen molar-refractivity contribution in [3.63, 3.8) is 0 Å². The molecule has 2 atom stereocenters. The van der Waals surface area contributed by atoms with Crippen LogP contribution in [0.25, 0.3) is 0 Å². The van der Waals surface area contributed by atoms with Gasteiger partial charge in [-0.15, -0.1) is 0 Å². The molecule has 2 rings (SSSR count). The van der Waals surface area contributed by atoms with Gasteiger partial charge in [-0.1, -0.05) is 18.2 Å². The van der Waals surface area contributed by atoms with Gasteiger partial charge in [0.2, 0.25) is 0 Å². The second-order valence-corrected chi connectivity index (χ2v) is 5.14. The van der Waals surface area contributed by atoms with Gasteiger partial charge in [0.25, 0.3) is 0 Å². The van der Waals surface area contributed by atoms with E-state index in [0.717, 1.165) is 0 Å². The summed E-state index contributed by atoms with van der Waals surface area (Å²) >= 11 is 0. The number of hydrogen-bond acceptors (Lipinski definition) is 6. The lowest BCUT2D eigenvalue weighted by molar-refractivity contribution is -0.0133. The molecule has 0 aliphatic rings. The summed E-state index contributed by atoms with van der Waals surface area (Å²) in [6.07, 6.45) is -1.65. The summed E-state index contributed by atoms with van der Waals surface area (Å²) in [4.78, 5) is 0. The summed E-state index contributed by atoms with van der Waals surface area (Å²) < 4.78 is 21.4. The van der Waals surface area contributed by atoms with Gasteiger partial charge in [-0.25, -0.2) is 0 Å². The molecule has 0 spiro atoms. The third-order valence-electron chi connectivity index (χ3n) is 3.58. The number of methoxy groups -OCH3 is 3. The van der Waals surface area contributed by atoms with Crippen LogP contribution >= 0.6 is 0 Å². The van der Waals surface area contributed by atoms with Gasteiger partial charge in [0, 0.05) is 7.11 Å². The van der Waals surface area contributed by atoms with Gasteiger partial charge >= 0.3 is 0 Å². The van der Waals surface area contributed by atoms with E-state index in [0.29, 0.717) is 17.1 Å². The number of phenols is 1. The monoisotopic (exact) mass is 334 g/mol. The molecule has 0 aliphatic carbocycles. The molecule has 0 saturated heterocycles. The van der Waals surface area contributed by atoms with Crippen LogP contribution in [0.4, 0.5) is 0 Å². The van der Waals surface area contributed by atoms with E-state index >= 15 is 0 Å². The van der Waals surface area contributed by atoms with E-state index < -0.39 is 12.2 Å². The number of hydrogen-bond donors (Lipinski definition) is 2. The molecule has 2 unspecified atom stereocenters. The highest BCUT2D eigenvalue weighted by atomic mass is 16.6. The Balaban J connectivity index is 2.26. The Hall–Kier alpha value is -2.44. The zero-order chi connectivity index (χ0) is 17.5. The minimum absolute atomic E-state index is 0.00221. The molecule has 6 heteroatoms. The van der Waals surface area contributed by atoms with Crippen molar-refractivity contribution in [3.8, 4) is 23.0 Å². The van der Waals surface area contributed by atoms with E-state index in [4.69, 9.17) is 18.9 Å². The largest absolute Gasteiger partial charge is 0.504 e. The van der Waals surface area contributed by atoms with Crippen molar-refractivity contribution in [1.29, 1.82) is 0 Å². The highest BCUT2D eigenvalue weighted by Gasteiger charge is 2.25. The number of phenolic OH excluding ortho intramolecular Hbond substituents is 1. The number of benzene rings is 2. The Morgan fingerprint density at radius 2 is 1.58 bits per heavy atom. The van der Waals surface area contributed by atoms with Crippen LogP contribution < -0.4 is 14.2 Å². The van der Waals surface area contributed by atoms with E-state index in [1.54, 1.807) is 31.4 Å². The van der Waals surface area contributed by atoms with Crippen molar-refractivity contribution < 1.29 is 29.2 Å². The fraction of sp³-hybridized carbons (Fsp3) is 0.333.